The second kappa shape index (κ2) is 6.23. The van der Waals surface area contributed by atoms with E-state index in [1.54, 1.807) is 0 Å². The molecule has 2 nitrogen and oxygen atoms in total. The number of aryl methyl sites for hydroxylation is 1. The highest BCUT2D eigenvalue weighted by atomic mass is 16.3. The number of rotatable bonds is 1. The van der Waals surface area contributed by atoms with Crippen LogP contribution >= 0.6 is 0 Å². The summed E-state index contributed by atoms with van der Waals surface area (Å²) in [6.45, 7) is 11.5. The molecule has 0 aliphatic carbocycles. The van der Waals surface area contributed by atoms with Crippen LogP contribution in [-0.2, 0) is 0 Å². The summed E-state index contributed by atoms with van der Waals surface area (Å²) >= 11 is 0. The first-order valence-electron chi connectivity index (χ1n) is 4.49. The fraction of sp³-hybridized carbons (Fsp3) is 0.364. The molecule has 1 heterocycles. The van der Waals surface area contributed by atoms with E-state index in [2.05, 4.69) is 11.6 Å². The van der Waals surface area contributed by atoms with Gasteiger partial charge >= 0.3 is 0 Å². The van der Waals surface area contributed by atoms with Crippen LogP contribution < -0.4 is 10.8 Å². The molecule has 0 aliphatic heterocycles. The molecule has 1 rings (SSSR count). The van der Waals surface area contributed by atoms with Crippen molar-refractivity contribution in [3.8, 4) is 0 Å². The molecular weight excluding hydrogens is 162 g/mol. The van der Waals surface area contributed by atoms with Crippen LogP contribution in [0.15, 0.2) is 16.6 Å². The maximum Gasteiger partial charge on any atom is 0.192 e. The Morgan fingerprint density at radius 2 is 2.00 bits per heavy atom. The van der Waals surface area contributed by atoms with Crippen molar-refractivity contribution in [2.24, 2.45) is 0 Å². The second-order valence-corrected chi connectivity index (χ2v) is 2.23. The predicted molar refractivity (Wildman–Crippen MR) is 56.6 cm³/mol. The van der Waals surface area contributed by atoms with Gasteiger partial charge in [0.2, 0.25) is 0 Å². The maximum absolute atomic E-state index is 5.12. The molecule has 2 heteroatoms. The van der Waals surface area contributed by atoms with Crippen molar-refractivity contribution < 1.29 is 4.42 Å². The van der Waals surface area contributed by atoms with Crippen molar-refractivity contribution in [2.45, 2.75) is 27.7 Å². The first-order valence-corrected chi connectivity index (χ1v) is 4.49. The number of nitrogens with zero attached hydrogens (tertiary/aromatic N) is 1. The van der Waals surface area contributed by atoms with E-state index in [0.717, 1.165) is 5.35 Å². The first kappa shape index (κ1) is 11.7. The largest absolute Gasteiger partial charge is 0.442 e. The standard InChI is InChI=1S/C9H11NO.C2H6/c1-4-5-6-9-7(2)11-8(3)10-9;1-2/h4-6H,2H2,1,3H3;1-2H3/b5-4-,9-6+;. The third-order valence-electron chi connectivity index (χ3n) is 1.28. The molecule has 0 aliphatic rings. The van der Waals surface area contributed by atoms with E-state index in [1.165, 1.54) is 0 Å². The van der Waals surface area contributed by atoms with Gasteiger partial charge in [0.05, 0.1) is 0 Å². The van der Waals surface area contributed by atoms with Crippen molar-refractivity contribution in [3.63, 3.8) is 0 Å². The molecule has 0 amide bonds. The van der Waals surface area contributed by atoms with Crippen LogP contribution in [0.25, 0.3) is 12.7 Å². The van der Waals surface area contributed by atoms with E-state index >= 15 is 0 Å². The molecule has 72 valence electrons. The number of aromatic nitrogens is 1. The highest BCUT2D eigenvalue weighted by molar-refractivity contribution is 5.33. The van der Waals surface area contributed by atoms with E-state index in [4.69, 9.17) is 4.42 Å². The Balaban J connectivity index is 0.000000671. The van der Waals surface area contributed by atoms with E-state index in [-0.39, 0.29) is 0 Å². The van der Waals surface area contributed by atoms with Crippen LogP contribution in [0.5, 0.6) is 0 Å². The molecule has 1 aromatic heterocycles. The molecule has 0 aromatic carbocycles. The van der Waals surface area contributed by atoms with Gasteiger partial charge in [-0.3, -0.25) is 0 Å². The molecule has 13 heavy (non-hydrogen) atoms. The minimum atomic E-state index is 0.626. The summed E-state index contributed by atoms with van der Waals surface area (Å²) in [4.78, 5) is 4.11. The fourth-order valence-electron chi connectivity index (χ4n) is 0.803. The Kier molecular flexibility index (Phi) is 5.60. The second-order valence-electron chi connectivity index (χ2n) is 2.23. The lowest BCUT2D eigenvalue weighted by molar-refractivity contribution is 0.493. The van der Waals surface area contributed by atoms with Gasteiger partial charge in [0.1, 0.15) is 10.8 Å². The average molecular weight is 179 g/mol. The molecule has 0 saturated heterocycles. The third kappa shape index (κ3) is 3.74. The first-order chi connectivity index (χ1) is 6.24. The fourth-order valence-corrected chi connectivity index (χ4v) is 0.803. The smallest absolute Gasteiger partial charge is 0.192 e. The predicted octanol–water partition coefficient (Wildman–Crippen LogP) is 1.78. The van der Waals surface area contributed by atoms with Gasteiger partial charge in [-0.25, -0.2) is 4.98 Å². The molecule has 0 N–H and O–H groups in total. The van der Waals surface area contributed by atoms with Gasteiger partial charge in [-0.15, -0.1) is 0 Å². The highest BCUT2D eigenvalue weighted by Crippen LogP contribution is 1.78. The van der Waals surface area contributed by atoms with E-state index in [1.807, 2.05) is 45.9 Å². The SMILES string of the molecule is C=c1oc(C)n/c1=C/C=C\C.CC. The molecule has 0 spiro atoms. The monoisotopic (exact) mass is 179 g/mol. The average Bonchev–Trinajstić information content (AvgIpc) is 2.45. The Bertz CT molecular complexity index is 360. The van der Waals surface area contributed by atoms with Gasteiger partial charge in [-0.1, -0.05) is 32.6 Å². The van der Waals surface area contributed by atoms with E-state index in [9.17, 15) is 0 Å². The van der Waals surface area contributed by atoms with Crippen molar-refractivity contribution >= 4 is 12.7 Å². The van der Waals surface area contributed by atoms with Crippen LogP contribution in [0, 0.1) is 6.92 Å². The Labute approximate surface area is 79.3 Å². The number of oxazole rings is 1. The normalized spacial score (nSPS) is 11.5. The summed E-state index contributed by atoms with van der Waals surface area (Å²) in [5.74, 6) is 0.658. The van der Waals surface area contributed by atoms with Crippen molar-refractivity contribution in [1.82, 2.24) is 4.98 Å². The van der Waals surface area contributed by atoms with Crippen molar-refractivity contribution in [3.05, 3.63) is 28.8 Å². The zero-order chi connectivity index (χ0) is 10.3. The summed E-state index contributed by atoms with van der Waals surface area (Å²) in [6, 6.07) is 0. The molecular formula is C11H17NO. The topological polar surface area (TPSA) is 26.0 Å². The van der Waals surface area contributed by atoms with Gasteiger partial charge in [0.15, 0.2) is 5.89 Å². The molecule has 0 bridgehead atoms. The summed E-state index contributed by atoms with van der Waals surface area (Å²) in [6.07, 6.45) is 5.72. The van der Waals surface area contributed by atoms with Crippen LogP contribution in [0.4, 0.5) is 0 Å². The summed E-state index contributed by atoms with van der Waals surface area (Å²) in [5.41, 5.74) is 0.626. The maximum atomic E-state index is 5.12. The van der Waals surface area contributed by atoms with E-state index < -0.39 is 0 Å². The summed E-state index contributed by atoms with van der Waals surface area (Å²) in [7, 11) is 0. The number of hydrogen-bond acceptors (Lipinski definition) is 2. The Morgan fingerprint density at radius 3 is 2.38 bits per heavy atom. The summed E-state index contributed by atoms with van der Waals surface area (Å²) in [5, 5.41) is 0.806. The molecule has 0 saturated carbocycles. The van der Waals surface area contributed by atoms with Crippen LogP contribution in [0.3, 0.4) is 0 Å². The minimum absolute atomic E-state index is 0.626. The Morgan fingerprint density at radius 1 is 1.38 bits per heavy atom. The van der Waals surface area contributed by atoms with Crippen molar-refractivity contribution in [1.29, 1.82) is 0 Å². The highest BCUT2D eigenvalue weighted by Gasteiger charge is 1.90. The lowest BCUT2D eigenvalue weighted by Crippen LogP contribution is -2.19. The van der Waals surface area contributed by atoms with E-state index in [0.29, 0.717) is 11.3 Å². The van der Waals surface area contributed by atoms with Gasteiger partial charge in [0.25, 0.3) is 0 Å². The summed E-state index contributed by atoms with van der Waals surface area (Å²) < 4.78 is 5.12. The van der Waals surface area contributed by atoms with Crippen molar-refractivity contribution in [2.75, 3.05) is 0 Å². The Hall–Kier alpha value is -1.31. The van der Waals surface area contributed by atoms with Crippen LogP contribution in [0.2, 0.25) is 0 Å². The minimum Gasteiger partial charge on any atom is -0.442 e. The number of allylic oxidation sites excluding steroid dienone is 2. The van der Waals surface area contributed by atoms with Gasteiger partial charge < -0.3 is 4.42 Å². The van der Waals surface area contributed by atoms with Gasteiger partial charge in [0, 0.05) is 6.92 Å². The van der Waals surface area contributed by atoms with Gasteiger partial charge in [-0.2, -0.15) is 0 Å². The van der Waals surface area contributed by atoms with Gasteiger partial charge in [-0.05, 0) is 13.0 Å². The quantitative estimate of drug-likeness (QED) is 0.656. The molecule has 0 radical (unpaired) electrons. The molecule has 0 fully saturated rings. The molecule has 1 aromatic rings. The molecule has 0 atom stereocenters. The zero-order valence-electron chi connectivity index (χ0n) is 8.79. The lowest BCUT2D eigenvalue weighted by Gasteiger charge is -1.69. The molecule has 0 unspecified atom stereocenters. The third-order valence-corrected chi connectivity index (χ3v) is 1.28. The van der Waals surface area contributed by atoms with Crippen LogP contribution in [0.1, 0.15) is 26.7 Å². The number of hydrogen-bond donors (Lipinski definition) is 0. The van der Waals surface area contributed by atoms with Crippen LogP contribution in [-0.4, -0.2) is 4.98 Å². The lowest BCUT2D eigenvalue weighted by atomic mass is 10.4. The zero-order valence-corrected chi connectivity index (χ0v) is 8.79.